The average Bonchev–Trinajstić information content (AvgIpc) is 3.30. The highest BCUT2D eigenvalue weighted by atomic mass is 16.7. The molecule has 0 amide bonds. The largest absolute Gasteiger partial charge is 0.465 e. The van der Waals surface area contributed by atoms with Crippen LogP contribution in [-0.2, 0) is 22.7 Å². The molecule has 1 atom stereocenters. The van der Waals surface area contributed by atoms with E-state index >= 15 is 0 Å². The Hall–Kier alpha value is -2.44. The lowest BCUT2D eigenvalue weighted by molar-refractivity contribution is -0.105. The lowest BCUT2D eigenvalue weighted by Gasteiger charge is -2.23. The highest BCUT2D eigenvalue weighted by molar-refractivity contribution is 5.68. The van der Waals surface area contributed by atoms with Crippen LogP contribution in [0.2, 0.25) is 0 Å². The van der Waals surface area contributed by atoms with Crippen molar-refractivity contribution in [3.8, 4) is 17.0 Å². The van der Waals surface area contributed by atoms with Crippen molar-refractivity contribution in [3.63, 3.8) is 0 Å². The first-order valence-corrected chi connectivity index (χ1v) is 8.70. The van der Waals surface area contributed by atoms with Gasteiger partial charge >= 0.3 is 0 Å². The van der Waals surface area contributed by atoms with Gasteiger partial charge < -0.3 is 14.2 Å². The van der Waals surface area contributed by atoms with Crippen molar-refractivity contribution in [2.45, 2.75) is 38.8 Å². The van der Waals surface area contributed by atoms with Crippen LogP contribution >= 0.6 is 0 Å². The zero-order valence-electron chi connectivity index (χ0n) is 13.9. The molecular weight excluding hydrogens is 318 g/mol. The summed E-state index contributed by atoms with van der Waals surface area (Å²) in [4.78, 5) is 4.63. The van der Waals surface area contributed by atoms with Crippen molar-refractivity contribution in [2.75, 3.05) is 6.61 Å². The first-order chi connectivity index (χ1) is 12.4. The Kier molecular flexibility index (Phi) is 3.64. The molecule has 6 nitrogen and oxygen atoms in total. The topological polar surface area (TPSA) is 57.9 Å². The summed E-state index contributed by atoms with van der Waals surface area (Å²) in [5.41, 5.74) is 5.08. The fraction of sp³-hybridized carbons (Fsp3) is 0.368. The van der Waals surface area contributed by atoms with Gasteiger partial charge in [0.15, 0.2) is 11.9 Å². The fourth-order valence-electron chi connectivity index (χ4n) is 3.49. The predicted octanol–water partition coefficient (Wildman–Crippen LogP) is 3.33. The lowest BCUT2D eigenvalue weighted by atomic mass is 10.1. The molecule has 4 heterocycles. The minimum atomic E-state index is -0.129. The van der Waals surface area contributed by atoms with E-state index in [1.54, 1.807) is 6.20 Å². The molecule has 1 saturated heterocycles. The van der Waals surface area contributed by atoms with Crippen LogP contribution in [0, 0.1) is 0 Å². The van der Waals surface area contributed by atoms with Crippen LogP contribution in [-0.4, -0.2) is 27.5 Å². The van der Waals surface area contributed by atoms with Crippen molar-refractivity contribution in [3.05, 3.63) is 47.8 Å². The van der Waals surface area contributed by atoms with Crippen LogP contribution in [0.4, 0.5) is 0 Å². The molecule has 3 aromatic rings. The Morgan fingerprint density at radius 2 is 2.00 bits per heavy atom. The van der Waals surface area contributed by atoms with E-state index in [0.29, 0.717) is 13.2 Å². The number of hydrogen-bond acceptors (Lipinski definition) is 5. The molecule has 1 aromatic carbocycles. The first kappa shape index (κ1) is 14.9. The Morgan fingerprint density at radius 3 is 2.84 bits per heavy atom. The fourth-order valence-corrected chi connectivity index (χ4v) is 3.49. The van der Waals surface area contributed by atoms with Crippen molar-refractivity contribution in [1.29, 1.82) is 0 Å². The third kappa shape index (κ3) is 2.67. The van der Waals surface area contributed by atoms with E-state index in [4.69, 9.17) is 14.2 Å². The van der Waals surface area contributed by atoms with Gasteiger partial charge in [0, 0.05) is 23.6 Å². The molecule has 0 radical (unpaired) electrons. The third-order valence-electron chi connectivity index (χ3n) is 4.74. The molecule has 5 rings (SSSR count). The number of rotatable bonds is 3. The molecule has 1 fully saturated rings. The van der Waals surface area contributed by atoms with Gasteiger partial charge in [-0.2, -0.15) is 5.10 Å². The molecule has 0 bridgehead atoms. The van der Waals surface area contributed by atoms with Gasteiger partial charge in [-0.1, -0.05) is 0 Å². The molecule has 1 unspecified atom stereocenters. The van der Waals surface area contributed by atoms with Crippen LogP contribution < -0.4 is 4.74 Å². The number of ether oxygens (including phenoxy) is 3. The van der Waals surface area contributed by atoms with E-state index in [1.807, 2.05) is 22.7 Å². The molecule has 0 aliphatic carbocycles. The van der Waals surface area contributed by atoms with E-state index in [0.717, 1.165) is 59.8 Å². The Balaban J connectivity index is 1.49. The third-order valence-corrected chi connectivity index (χ3v) is 4.74. The standard InChI is InChI=1S/C19H19N3O3/c1-2-10-24-18(3-1)25-14-6-4-13(5-7-14)19-15-11-23-12-16(15)21-17-8-9-20-22(17)19/h4-9,18H,1-3,10-12H2. The van der Waals surface area contributed by atoms with Crippen LogP contribution in [0.15, 0.2) is 36.5 Å². The quantitative estimate of drug-likeness (QED) is 0.734. The molecule has 25 heavy (non-hydrogen) atoms. The van der Waals surface area contributed by atoms with Gasteiger partial charge in [0.25, 0.3) is 0 Å². The van der Waals surface area contributed by atoms with Crippen molar-refractivity contribution in [2.24, 2.45) is 0 Å². The van der Waals surface area contributed by atoms with Gasteiger partial charge in [0.2, 0.25) is 0 Å². The maximum absolute atomic E-state index is 5.93. The Labute approximate surface area is 145 Å². The second-order valence-electron chi connectivity index (χ2n) is 6.42. The van der Waals surface area contributed by atoms with E-state index in [2.05, 4.69) is 22.2 Å². The number of aromatic nitrogens is 3. The van der Waals surface area contributed by atoms with E-state index < -0.39 is 0 Å². The summed E-state index contributed by atoms with van der Waals surface area (Å²) >= 11 is 0. The SMILES string of the molecule is c1cc2nc3c(c(-c4ccc(OC5CCCCO5)cc4)n2n1)COC3. The molecular formula is C19H19N3O3. The summed E-state index contributed by atoms with van der Waals surface area (Å²) in [6, 6.07) is 10.0. The number of nitrogens with zero attached hydrogens (tertiary/aromatic N) is 3. The number of hydrogen-bond donors (Lipinski definition) is 0. The van der Waals surface area contributed by atoms with Gasteiger partial charge in [-0.25, -0.2) is 9.50 Å². The van der Waals surface area contributed by atoms with Crippen molar-refractivity contribution < 1.29 is 14.2 Å². The monoisotopic (exact) mass is 337 g/mol. The summed E-state index contributed by atoms with van der Waals surface area (Å²) in [6.45, 7) is 1.91. The first-order valence-electron chi connectivity index (χ1n) is 8.70. The van der Waals surface area contributed by atoms with Crippen molar-refractivity contribution in [1.82, 2.24) is 14.6 Å². The molecule has 0 N–H and O–H groups in total. The highest BCUT2D eigenvalue weighted by Gasteiger charge is 2.22. The normalized spacial score (nSPS) is 19.9. The molecule has 0 spiro atoms. The number of benzene rings is 1. The van der Waals surface area contributed by atoms with Gasteiger partial charge in [-0.15, -0.1) is 0 Å². The van der Waals surface area contributed by atoms with Crippen LogP contribution in [0.5, 0.6) is 5.75 Å². The summed E-state index contributed by atoms with van der Waals surface area (Å²) in [5, 5.41) is 4.44. The molecule has 6 heteroatoms. The molecule has 2 aliphatic heterocycles. The second kappa shape index (κ2) is 6.13. The summed E-state index contributed by atoms with van der Waals surface area (Å²) < 4.78 is 19.1. The molecule has 2 aromatic heterocycles. The van der Waals surface area contributed by atoms with E-state index in [-0.39, 0.29) is 6.29 Å². The Bertz CT molecular complexity index is 898. The zero-order valence-corrected chi connectivity index (χ0v) is 13.9. The molecule has 128 valence electrons. The summed E-state index contributed by atoms with van der Waals surface area (Å²) in [5.74, 6) is 0.828. The number of fused-ring (bicyclic) bond motifs is 2. The average molecular weight is 337 g/mol. The summed E-state index contributed by atoms with van der Waals surface area (Å²) in [6.07, 6.45) is 4.87. The van der Waals surface area contributed by atoms with E-state index in [9.17, 15) is 0 Å². The minimum Gasteiger partial charge on any atom is -0.465 e. The maximum atomic E-state index is 5.93. The van der Waals surface area contributed by atoms with Gasteiger partial charge in [0.1, 0.15) is 5.75 Å². The highest BCUT2D eigenvalue weighted by Crippen LogP contribution is 2.32. The molecule has 2 aliphatic rings. The van der Waals surface area contributed by atoms with Crippen LogP contribution in [0.25, 0.3) is 16.9 Å². The smallest absolute Gasteiger partial charge is 0.199 e. The molecule has 0 saturated carbocycles. The zero-order chi connectivity index (χ0) is 16.6. The predicted molar refractivity (Wildman–Crippen MR) is 91.1 cm³/mol. The maximum Gasteiger partial charge on any atom is 0.199 e. The Morgan fingerprint density at radius 1 is 1.08 bits per heavy atom. The van der Waals surface area contributed by atoms with Crippen LogP contribution in [0.3, 0.4) is 0 Å². The minimum absolute atomic E-state index is 0.129. The second-order valence-corrected chi connectivity index (χ2v) is 6.42. The summed E-state index contributed by atoms with van der Waals surface area (Å²) in [7, 11) is 0. The van der Waals surface area contributed by atoms with Gasteiger partial charge in [-0.05, 0) is 37.1 Å². The van der Waals surface area contributed by atoms with E-state index in [1.165, 1.54) is 0 Å². The lowest BCUT2D eigenvalue weighted by Crippen LogP contribution is -2.24. The van der Waals surface area contributed by atoms with Crippen molar-refractivity contribution >= 4 is 5.65 Å². The van der Waals surface area contributed by atoms with Gasteiger partial charge in [0.05, 0.1) is 37.4 Å². The van der Waals surface area contributed by atoms with Gasteiger partial charge in [-0.3, -0.25) is 0 Å². The van der Waals surface area contributed by atoms with Crippen LogP contribution in [0.1, 0.15) is 30.5 Å².